The van der Waals surface area contributed by atoms with Crippen LogP contribution in [0, 0.1) is 0 Å². The predicted octanol–water partition coefficient (Wildman–Crippen LogP) is 1.89. The standard InChI is InChI=1S/C16H23N7O/c1-4-13-17-7-12(8-18-13)20-16(24)19-11-5-6-14-21-22-15(10(2)3)23(14)9-11/h7-8,10-11H,4-6,9H2,1-3H3,(H2,19,20,24)/t11-/m0/s1. The second-order valence-corrected chi connectivity index (χ2v) is 6.32. The van der Waals surface area contributed by atoms with Crippen molar-refractivity contribution in [3.8, 4) is 0 Å². The van der Waals surface area contributed by atoms with E-state index in [1.165, 1.54) is 0 Å². The maximum absolute atomic E-state index is 12.2. The Labute approximate surface area is 141 Å². The van der Waals surface area contributed by atoms with Crippen molar-refractivity contribution in [2.75, 3.05) is 5.32 Å². The summed E-state index contributed by atoms with van der Waals surface area (Å²) in [4.78, 5) is 20.5. The third kappa shape index (κ3) is 3.52. The van der Waals surface area contributed by atoms with Gasteiger partial charge in [0.2, 0.25) is 0 Å². The van der Waals surface area contributed by atoms with Crippen LogP contribution in [0.2, 0.25) is 0 Å². The Hall–Kier alpha value is -2.51. The number of anilines is 1. The maximum atomic E-state index is 12.2. The first-order chi connectivity index (χ1) is 11.6. The molecule has 0 saturated heterocycles. The third-order valence-corrected chi connectivity index (χ3v) is 4.11. The minimum Gasteiger partial charge on any atom is -0.333 e. The molecule has 0 bridgehead atoms. The molecule has 0 fully saturated rings. The van der Waals surface area contributed by atoms with E-state index in [2.05, 4.69) is 49.2 Å². The fraction of sp³-hybridized carbons (Fsp3) is 0.562. The van der Waals surface area contributed by atoms with Crippen LogP contribution in [0.5, 0.6) is 0 Å². The second-order valence-electron chi connectivity index (χ2n) is 6.32. The van der Waals surface area contributed by atoms with Gasteiger partial charge in [0.25, 0.3) is 0 Å². The molecule has 1 atom stereocenters. The summed E-state index contributed by atoms with van der Waals surface area (Å²) in [7, 11) is 0. The monoisotopic (exact) mass is 329 g/mol. The molecule has 0 aromatic carbocycles. The summed E-state index contributed by atoms with van der Waals surface area (Å²) in [6.07, 6.45) is 5.70. The van der Waals surface area contributed by atoms with Gasteiger partial charge in [-0.1, -0.05) is 20.8 Å². The minimum absolute atomic E-state index is 0.0573. The molecule has 24 heavy (non-hydrogen) atoms. The molecule has 0 aliphatic carbocycles. The Bertz CT molecular complexity index is 708. The van der Waals surface area contributed by atoms with Crippen molar-refractivity contribution in [3.63, 3.8) is 0 Å². The topological polar surface area (TPSA) is 97.6 Å². The summed E-state index contributed by atoms with van der Waals surface area (Å²) in [5.74, 6) is 3.05. The summed E-state index contributed by atoms with van der Waals surface area (Å²) in [6, 6.07) is -0.183. The maximum Gasteiger partial charge on any atom is 0.319 e. The van der Waals surface area contributed by atoms with Crippen molar-refractivity contribution in [2.24, 2.45) is 0 Å². The van der Waals surface area contributed by atoms with Gasteiger partial charge in [-0.2, -0.15) is 0 Å². The summed E-state index contributed by atoms with van der Waals surface area (Å²) in [5, 5.41) is 14.3. The SMILES string of the molecule is CCc1ncc(NC(=O)N[C@H]2CCc3nnc(C(C)C)n3C2)cn1. The highest BCUT2D eigenvalue weighted by molar-refractivity contribution is 5.89. The zero-order valence-electron chi connectivity index (χ0n) is 14.3. The van der Waals surface area contributed by atoms with Crippen molar-refractivity contribution in [1.29, 1.82) is 0 Å². The molecule has 0 saturated carbocycles. The Kier molecular flexibility index (Phi) is 4.73. The van der Waals surface area contributed by atoms with Crippen LogP contribution in [0.4, 0.5) is 10.5 Å². The quantitative estimate of drug-likeness (QED) is 0.892. The molecule has 3 heterocycles. The van der Waals surface area contributed by atoms with E-state index < -0.39 is 0 Å². The third-order valence-electron chi connectivity index (χ3n) is 4.11. The highest BCUT2D eigenvalue weighted by Gasteiger charge is 2.25. The molecule has 2 aromatic rings. The Morgan fingerprint density at radius 1 is 1.33 bits per heavy atom. The van der Waals surface area contributed by atoms with Crippen molar-refractivity contribution in [3.05, 3.63) is 29.9 Å². The van der Waals surface area contributed by atoms with Crippen molar-refractivity contribution in [1.82, 2.24) is 30.0 Å². The number of carbonyl (C=O) groups is 1. The van der Waals surface area contributed by atoms with Gasteiger partial charge < -0.3 is 15.2 Å². The number of aryl methyl sites for hydroxylation is 2. The summed E-state index contributed by atoms with van der Waals surface area (Å²) in [6.45, 7) is 6.89. The van der Waals surface area contributed by atoms with E-state index in [1.807, 2.05) is 6.92 Å². The highest BCUT2D eigenvalue weighted by atomic mass is 16.2. The lowest BCUT2D eigenvalue weighted by molar-refractivity contribution is 0.244. The Morgan fingerprint density at radius 2 is 2.08 bits per heavy atom. The minimum atomic E-state index is -0.240. The van der Waals surface area contributed by atoms with E-state index in [4.69, 9.17) is 0 Å². The molecule has 0 unspecified atom stereocenters. The molecular formula is C16H23N7O. The van der Waals surface area contributed by atoms with Crippen LogP contribution in [-0.2, 0) is 19.4 Å². The molecule has 2 amide bonds. The molecule has 2 N–H and O–H groups in total. The Morgan fingerprint density at radius 3 is 2.75 bits per heavy atom. The summed E-state index contributed by atoms with van der Waals surface area (Å²) in [5.41, 5.74) is 0.591. The van der Waals surface area contributed by atoms with Crippen molar-refractivity contribution >= 4 is 11.7 Å². The molecular weight excluding hydrogens is 306 g/mol. The van der Waals surface area contributed by atoms with Crippen LogP contribution in [-0.4, -0.2) is 36.8 Å². The van der Waals surface area contributed by atoms with Gasteiger partial charge in [-0.3, -0.25) is 0 Å². The van der Waals surface area contributed by atoms with Gasteiger partial charge in [-0.25, -0.2) is 14.8 Å². The molecule has 128 valence electrons. The molecule has 1 aliphatic rings. The van der Waals surface area contributed by atoms with E-state index in [0.717, 1.165) is 36.7 Å². The number of hydrogen-bond acceptors (Lipinski definition) is 5. The molecule has 8 nitrogen and oxygen atoms in total. The zero-order valence-corrected chi connectivity index (χ0v) is 14.3. The number of amides is 2. The first kappa shape index (κ1) is 16.4. The van der Waals surface area contributed by atoms with Crippen molar-refractivity contribution < 1.29 is 4.79 Å². The van der Waals surface area contributed by atoms with Crippen molar-refractivity contribution in [2.45, 2.75) is 58.5 Å². The lowest BCUT2D eigenvalue weighted by atomic mass is 10.1. The van der Waals surface area contributed by atoms with E-state index in [-0.39, 0.29) is 12.1 Å². The van der Waals surface area contributed by atoms with Gasteiger partial charge >= 0.3 is 6.03 Å². The first-order valence-electron chi connectivity index (χ1n) is 8.37. The number of nitrogens with zero attached hydrogens (tertiary/aromatic N) is 5. The normalized spacial score (nSPS) is 16.8. The number of carbonyl (C=O) groups excluding carboxylic acids is 1. The lowest BCUT2D eigenvalue weighted by Crippen LogP contribution is -2.43. The number of hydrogen-bond donors (Lipinski definition) is 2. The lowest BCUT2D eigenvalue weighted by Gasteiger charge is -2.26. The van der Waals surface area contributed by atoms with Gasteiger partial charge in [0, 0.05) is 31.3 Å². The number of fused-ring (bicyclic) bond motifs is 1. The molecule has 2 aromatic heterocycles. The smallest absolute Gasteiger partial charge is 0.319 e. The fourth-order valence-corrected chi connectivity index (χ4v) is 2.85. The summed E-state index contributed by atoms with van der Waals surface area (Å²) < 4.78 is 2.12. The number of urea groups is 1. The van der Waals surface area contributed by atoms with Crippen LogP contribution in [0.25, 0.3) is 0 Å². The molecule has 1 aliphatic heterocycles. The molecule has 0 spiro atoms. The van der Waals surface area contributed by atoms with E-state index in [0.29, 0.717) is 18.2 Å². The number of aromatic nitrogens is 5. The molecule has 8 heteroatoms. The first-order valence-corrected chi connectivity index (χ1v) is 8.37. The molecule has 0 radical (unpaired) electrons. The average molecular weight is 329 g/mol. The number of rotatable bonds is 4. The van der Waals surface area contributed by atoms with Crippen LogP contribution in [0.3, 0.4) is 0 Å². The summed E-state index contributed by atoms with van der Waals surface area (Å²) >= 11 is 0. The van der Waals surface area contributed by atoms with Crippen LogP contribution >= 0.6 is 0 Å². The van der Waals surface area contributed by atoms with Crippen LogP contribution in [0.1, 0.15) is 50.6 Å². The van der Waals surface area contributed by atoms with Gasteiger partial charge in [0.15, 0.2) is 0 Å². The van der Waals surface area contributed by atoms with E-state index >= 15 is 0 Å². The average Bonchev–Trinajstić information content (AvgIpc) is 2.99. The zero-order chi connectivity index (χ0) is 17.1. The van der Waals surface area contributed by atoms with E-state index in [1.54, 1.807) is 12.4 Å². The van der Waals surface area contributed by atoms with Gasteiger partial charge in [-0.05, 0) is 6.42 Å². The van der Waals surface area contributed by atoms with Crippen LogP contribution < -0.4 is 10.6 Å². The van der Waals surface area contributed by atoms with Gasteiger partial charge in [0.05, 0.1) is 18.1 Å². The van der Waals surface area contributed by atoms with Gasteiger partial charge in [-0.15, -0.1) is 10.2 Å². The predicted molar refractivity (Wildman–Crippen MR) is 89.8 cm³/mol. The second kappa shape index (κ2) is 6.94. The highest BCUT2D eigenvalue weighted by Crippen LogP contribution is 2.20. The molecule has 3 rings (SSSR count). The van der Waals surface area contributed by atoms with Gasteiger partial charge in [0.1, 0.15) is 17.5 Å². The largest absolute Gasteiger partial charge is 0.333 e. The van der Waals surface area contributed by atoms with E-state index in [9.17, 15) is 4.79 Å². The number of nitrogens with one attached hydrogen (secondary N) is 2. The fourth-order valence-electron chi connectivity index (χ4n) is 2.85. The van der Waals surface area contributed by atoms with Crippen LogP contribution in [0.15, 0.2) is 12.4 Å². The Balaban J connectivity index is 1.59.